The van der Waals surface area contributed by atoms with E-state index in [0.717, 1.165) is 0 Å². The molecule has 7 rings (SSSR count). The minimum atomic E-state index is -2.70. The molecule has 12 heteroatoms. The number of alkyl halides is 1. The summed E-state index contributed by atoms with van der Waals surface area (Å²) in [6.45, 7) is 9.49. The Hall–Kier alpha value is -3.42. The fourth-order valence-electron chi connectivity index (χ4n) is 8.94. The van der Waals surface area contributed by atoms with Crippen molar-refractivity contribution >= 4 is 29.3 Å². The molecule has 4 fully saturated rings. The highest BCUT2D eigenvalue weighted by molar-refractivity contribution is 6.26. The molecule has 48 heavy (non-hydrogen) atoms. The average Bonchev–Trinajstić information content (AvgIpc) is 3.46. The van der Waals surface area contributed by atoms with Crippen LogP contribution >= 0.6 is 11.6 Å². The smallest absolute Gasteiger partial charge is 0.338 e. The normalized spacial score (nSPS) is 43.9. The van der Waals surface area contributed by atoms with Gasteiger partial charge in [-0.3, -0.25) is 9.59 Å². The largest absolute Gasteiger partial charge is 0.460 e. The summed E-state index contributed by atoms with van der Waals surface area (Å²) in [6.07, 6.45) is -5.00. The molecule has 0 amide bonds. The molecule has 2 saturated carbocycles. The summed E-state index contributed by atoms with van der Waals surface area (Å²) in [5.74, 6) is -7.93. The van der Waals surface area contributed by atoms with Gasteiger partial charge in [0.1, 0.15) is 29.8 Å². The molecule has 3 bridgehead atoms. The van der Waals surface area contributed by atoms with Gasteiger partial charge in [-0.15, -0.1) is 11.6 Å². The number of aliphatic hydroxyl groups is 3. The Labute approximate surface area is 282 Å². The van der Waals surface area contributed by atoms with Crippen molar-refractivity contribution in [1.29, 1.82) is 0 Å². The molecule has 2 aromatic carbocycles. The molecular formula is C36H37ClO11. The highest BCUT2D eigenvalue weighted by Crippen LogP contribution is 2.71. The number of benzene rings is 2. The van der Waals surface area contributed by atoms with Crippen LogP contribution in [0.3, 0.4) is 0 Å². The first kappa shape index (κ1) is 33.1. The topological polar surface area (TPSA) is 158 Å². The zero-order valence-electron chi connectivity index (χ0n) is 26.8. The average molecular weight is 681 g/mol. The van der Waals surface area contributed by atoms with Crippen LogP contribution in [-0.2, 0) is 39.2 Å². The molecule has 2 aromatic rings. The second-order valence-corrected chi connectivity index (χ2v) is 14.3. The number of esters is 2. The predicted molar refractivity (Wildman–Crippen MR) is 168 cm³/mol. The van der Waals surface area contributed by atoms with Crippen molar-refractivity contribution in [3.63, 3.8) is 0 Å². The zero-order chi connectivity index (χ0) is 34.6. The van der Waals surface area contributed by atoms with Gasteiger partial charge in [0.2, 0.25) is 0 Å². The third-order valence-electron chi connectivity index (χ3n) is 11.1. The number of aliphatic hydroxyl groups excluding tert-OH is 2. The fraction of sp³-hybridized carbons (Fsp3) is 0.472. The van der Waals surface area contributed by atoms with Crippen LogP contribution in [0.4, 0.5) is 0 Å². The molecule has 11 nitrogen and oxygen atoms in total. The van der Waals surface area contributed by atoms with Crippen LogP contribution in [0.2, 0.25) is 0 Å². The van der Waals surface area contributed by atoms with E-state index in [1.807, 2.05) is 0 Å². The Kier molecular flexibility index (Phi) is 7.44. The zero-order valence-corrected chi connectivity index (χ0v) is 27.5. The van der Waals surface area contributed by atoms with E-state index >= 15 is 0 Å². The van der Waals surface area contributed by atoms with E-state index in [1.165, 1.54) is 32.1 Å². The summed E-state index contributed by atoms with van der Waals surface area (Å²) in [5.41, 5.74) is -5.13. The second-order valence-electron chi connectivity index (χ2n) is 13.6. The number of carbonyl (C=O) groups excluding carboxylic acids is 3. The lowest BCUT2D eigenvalue weighted by molar-refractivity contribution is -0.442. The van der Waals surface area contributed by atoms with E-state index in [4.69, 9.17) is 35.3 Å². The van der Waals surface area contributed by atoms with Gasteiger partial charge in [0.15, 0.2) is 17.0 Å². The Bertz CT molecular complexity index is 1730. The highest BCUT2D eigenvalue weighted by Gasteiger charge is 2.87. The molecule has 0 radical (unpaired) electrons. The number of hydrogen-bond acceptors (Lipinski definition) is 11. The third-order valence-corrected chi connectivity index (χ3v) is 11.6. The molecule has 0 spiro atoms. The molecule has 254 valence electrons. The molecule has 12 atom stereocenters. The number of fused-ring (bicyclic) bond motifs is 2. The second kappa shape index (κ2) is 10.8. The van der Waals surface area contributed by atoms with Crippen molar-refractivity contribution in [1.82, 2.24) is 0 Å². The molecule has 2 saturated heterocycles. The van der Waals surface area contributed by atoms with Crippen molar-refractivity contribution in [2.24, 2.45) is 17.8 Å². The van der Waals surface area contributed by atoms with Crippen LogP contribution in [0.15, 0.2) is 84.5 Å². The predicted octanol–water partition coefficient (Wildman–Crippen LogP) is 2.94. The molecule has 0 aromatic heterocycles. The molecule has 3 N–H and O–H groups in total. The number of halogens is 1. The molecule has 2 aliphatic heterocycles. The maximum Gasteiger partial charge on any atom is 0.338 e. The van der Waals surface area contributed by atoms with Crippen LogP contribution in [0.5, 0.6) is 0 Å². The number of hydrogen-bond donors (Lipinski definition) is 3. The minimum absolute atomic E-state index is 0.108. The van der Waals surface area contributed by atoms with Crippen LogP contribution < -0.4 is 0 Å². The molecular weight excluding hydrogens is 644 g/mol. The maximum absolute atomic E-state index is 14.0. The summed E-state index contributed by atoms with van der Waals surface area (Å²) in [5, 5.41) is 37.3. The Balaban J connectivity index is 1.48. The van der Waals surface area contributed by atoms with Gasteiger partial charge in [-0.1, -0.05) is 68.1 Å². The number of rotatable bonds is 6. The van der Waals surface area contributed by atoms with Crippen LogP contribution in [0, 0.1) is 17.8 Å². The van der Waals surface area contributed by atoms with Gasteiger partial charge in [0.05, 0.1) is 17.3 Å². The quantitative estimate of drug-likeness (QED) is 0.234. The summed E-state index contributed by atoms with van der Waals surface area (Å²) < 4.78 is 32.1. The first-order valence-electron chi connectivity index (χ1n) is 15.8. The van der Waals surface area contributed by atoms with Crippen molar-refractivity contribution < 1.29 is 53.4 Å². The Morgan fingerprint density at radius 1 is 1.02 bits per heavy atom. The van der Waals surface area contributed by atoms with Crippen LogP contribution in [0.1, 0.15) is 43.6 Å². The fourth-order valence-corrected chi connectivity index (χ4v) is 9.30. The standard InChI is InChI=1S/C36H37ClO11/c1-18(2)34-28(45-21(5)38)20(4)35-24-16-19(3)26(39)33(24,43)31(42)32(37,17-44-30(41)22-12-8-6-9-13-22)27(40)25(35)29(34)46-36(47-34,48-35)23-14-10-7-11-15-23/h6-16,20,24-25,27-29,31,40,42-43H,1,17H2,2-5H3/t20-,24-,25+,27+,28-,29-,31-,32-,33-,34+,35+,36?/m1/s1. The van der Waals surface area contributed by atoms with E-state index in [1.54, 1.807) is 62.4 Å². The molecule has 5 aliphatic rings. The molecule has 2 heterocycles. The van der Waals surface area contributed by atoms with Gasteiger partial charge in [0.25, 0.3) is 0 Å². The first-order valence-corrected chi connectivity index (χ1v) is 16.2. The van der Waals surface area contributed by atoms with E-state index in [9.17, 15) is 29.7 Å². The van der Waals surface area contributed by atoms with Crippen LogP contribution in [-0.4, -0.2) is 85.7 Å². The Morgan fingerprint density at radius 3 is 2.25 bits per heavy atom. The monoisotopic (exact) mass is 680 g/mol. The lowest BCUT2D eigenvalue weighted by Gasteiger charge is -2.62. The van der Waals surface area contributed by atoms with Gasteiger partial charge in [-0.05, 0) is 37.1 Å². The van der Waals surface area contributed by atoms with E-state index in [2.05, 4.69) is 6.58 Å². The van der Waals surface area contributed by atoms with Crippen molar-refractivity contribution in [2.45, 2.75) is 79.8 Å². The highest BCUT2D eigenvalue weighted by atomic mass is 35.5. The first-order chi connectivity index (χ1) is 22.6. The van der Waals surface area contributed by atoms with Gasteiger partial charge >= 0.3 is 17.9 Å². The van der Waals surface area contributed by atoms with Crippen molar-refractivity contribution in [3.8, 4) is 0 Å². The third kappa shape index (κ3) is 4.00. The van der Waals surface area contributed by atoms with Gasteiger partial charge in [0, 0.05) is 30.2 Å². The number of ketones is 1. The van der Waals surface area contributed by atoms with Crippen molar-refractivity contribution in [2.75, 3.05) is 6.61 Å². The van der Waals surface area contributed by atoms with E-state index in [0.29, 0.717) is 11.1 Å². The maximum atomic E-state index is 14.0. The van der Waals surface area contributed by atoms with E-state index < -0.39 is 94.1 Å². The van der Waals surface area contributed by atoms with Crippen molar-refractivity contribution in [3.05, 3.63) is 95.6 Å². The van der Waals surface area contributed by atoms with Crippen LogP contribution in [0.25, 0.3) is 0 Å². The summed E-state index contributed by atoms with van der Waals surface area (Å²) in [4.78, 5) is 37.5. The number of Topliss-reactive ketones (excluding diaryl/α,β-unsaturated/α-hetero) is 1. The molecule has 1 unspecified atom stereocenters. The molecule has 3 aliphatic carbocycles. The van der Waals surface area contributed by atoms with E-state index in [-0.39, 0.29) is 11.1 Å². The number of carbonyl (C=O) groups is 3. The summed E-state index contributed by atoms with van der Waals surface area (Å²) >= 11 is 7.24. The SMILES string of the molecule is C=C(C)[C@@]12OC3(c4ccccc4)O[C@@H]1[C@@H]1[C@H](O)[C@](Cl)(COC(=O)c4ccccc4)[C@@H](O)[C@]4(O)C(=O)C(C)=C[C@H]4[C@@]1(O3)[C@H](C)[C@H]2OC(C)=O. The Morgan fingerprint density at radius 2 is 1.65 bits per heavy atom. The van der Waals surface area contributed by atoms with Gasteiger partial charge in [-0.2, -0.15) is 0 Å². The minimum Gasteiger partial charge on any atom is -0.460 e. The summed E-state index contributed by atoms with van der Waals surface area (Å²) in [7, 11) is 0. The lowest BCUT2D eigenvalue weighted by Crippen LogP contribution is -2.77. The number of ether oxygens (including phenoxy) is 5. The van der Waals surface area contributed by atoms with Gasteiger partial charge in [-0.25, -0.2) is 4.79 Å². The lowest BCUT2D eigenvalue weighted by atomic mass is 9.52. The van der Waals surface area contributed by atoms with Gasteiger partial charge < -0.3 is 39.0 Å². The summed E-state index contributed by atoms with van der Waals surface area (Å²) in [6, 6.07) is 16.7.